The molecule has 106 valence electrons. The number of likely N-dealkylation sites (tertiary alicyclic amines) is 1. The monoisotopic (exact) mass is 268 g/mol. The van der Waals surface area contributed by atoms with E-state index in [-0.39, 0.29) is 0 Å². The lowest BCUT2D eigenvalue weighted by molar-refractivity contribution is 0.142. The Morgan fingerprint density at radius 2 is 1.95 bits per heavy atom. The van der Waals surface area contributed by atoms with Crippen molar-refractivity contribution in [2.75, 3.05) is 19.6 Å². The minimum atomic E-state index is -0.495. The molecule has 0 aliphatic carbocycles. The molecule has 2 nitrogen and oxygen atoms in total. The van der Waals surface area contributed by atoms with E-state index >= 15 is 0 Å². The van der Waals surface area contributed by atoms with Gasteiger partial charge in [-0.25, -0.2) is 8.78 Å². The summed E-state index contributed by atoms with van der Waals surface area (Å²) in [5, 5.41) is 3.49. The highest BCUT2D eigenvalue weighted by atomic mass is 19.1. The van der Waals surface area contributed by atoms with Crippen molar-refractivity contribution in [3.05, 3.63) is 35.4 Å². The lowest BCUT2D eigenvalue weighted by Gasteiger charge is -2.37. The van der Waals surface area contributed by atoms with Crippen molar-refractivity contribution in [3.63, 3.8) is 0 Å². The summed E-state index contributed by atoms with van der Waals surface area (Å²) in [5.74, 6) is -0.428. The molecule has 2 atom stereocenters. The van der Waals surface area contributed by atoms with E-state index in [2.05, 4.69) is 24.1 Å². The zero-order valence-electron chi connectivity index (χ0n) is 11.6. The standard InChI is InChI=1S/C15H22F2N2/c1-3-18-15-4-5-19(9-11(15)2)10-12-6-13(16)8-14(17)7-12/h6-8,11,15,18H,3-5,9-10H2,1-2H3. The molecule has 0 aromatic heterocycles. The topological polar surface area (TPSA) is 15.3 Å². The summed E-state index contributed by atoms with van der Waals surface area (Å²) >= 11 is 0. The van der Waals surface area contributed by atoms with Crippen molar-refractivity contribution in [1.29, 1.82) is 0 Å². The average Bonchev–Trinajstić information content (AvgIpc) is 2.31. The van der Waals surface area contributed by atoms with Gasteiger partial charge in [0.2, 0.25) is 0 Å². The Bertz CT molecular complexity index is 402. The van der Waals surface area contributed by atoms with Crippen LogP contribution in [0, 0.1) is 17.6 Å². The third-order valence-corrected chi connectivity index (χ3v) is 3.78. The van der Waals surface area contributed by atoms with Gasteiger partial charge in [0.25, 0.3) is 0 Å². The van der Waals surface area contributed by atoms with Gasteiger partial charge in [0, 0.05) is 25.2 Å². The van der Waals surface area contributed by atoms with Gasteiger partial charge in [0.05, 0.1) is 0 Å². The summed E-state index contributed by atoms with van der Waals surface area (Å²) in [6.07, 6.45) is 1.09. The van der Waals surface area contributed by atoms with Gasteiger partial charge in [-0.1, -0.05) is 13.8 Å². The van der Waals surface area contributed by atoms with Crippen molar-refractivity contribution in [3.8, 4) is 0 Å². The molecule has 1 fully saturated rings. The fourth-order valence-corrected chi connectivity index (χ4v) is 2.90. The summed E-state index contributed by atoms with van der Waals surface area (Å²) in [6.45, 7) is 7.90. The number of nitrogens with one attached hydrogen (secondary N) is 1. The predicted octanol–water partition coefficient (Wildman–Crippen LogP) is 2.78. The Kier molecular flexibility index (Phi) is 4.88. The van der Waals surface area contributed by atoms with Gasteiger partial charge in [-0.05, 0) is 43.1 Å². The van der Waals surface area contributed by atoms with Crippen molar-refractivity contribution in [2.24, 2.45) is 5.92 Å². The molecule has 0 radical (unpaired) electrons. The smallest absolute Gasteiger partial charge is 0.126 e. The second-order valence-corrected chi connectivity index (χ2v) is 5.44. The lowest BCUT2D eigenvalue weighted by atomic mass is 9.93. The Morgan fingerprint density at radius 1 is 1.26 bits per heavy atom. The third kappa shape index (κ3) is 3.98. The molecule has 1 aliphatic heterocycles. The number of benzene rings is 1. The van der Waals surface area contributed by atoms with E-state index in [0.29, 0.717) is 24.1 Å². The molecule has 1 aromatic rings. The molecular weight excluding hydrogens is 246 g/mol. The molecule has 0 spiro atoms. The molecule has 2 rings (SSSR count). The van der Waals surface area contributed by atoms with E-state index in [0.717, 1.165) is 32.1 Å². The SMILES string of the molecule is CCNC1CCN(Cc2cc(F)cc(F)c2)CC1C. The third-order valence-electron chi connectivity index (χ3n) is 3.78. The molecule has 19 heavy (non-hydrogen) atoms. The van der Waals surface area contributed by atoms with Crippen LogP contribution in [0.25, 0.3) is 0 Å². The van der Waals surface area contributed by atoms with Crippen LogP contribution < -0.4 is 5.32 Å². The van der Waals surface area contributed by atoms with Gasteiger partial charge in [-0.2, -0.15) is 0 Å². The zero-order valence-corrected chi connectivity index (χ0v) is 11.6. The van der Waals surface area contributed by atoms with E-state index in [1.54, 1.807) is 0 Å². The number of rotatable bonds is 4. The first kappa shape index (κ1) is 14.4. The quantitative estimate of drug-likeness (QED) is 0.903. The molecule has 0 saturated carbocycles. The van der Waals surface area contributed by atoms with E-state index in [1.807, 2.05) is 0 Å². The maximum atomic E-state index is 13.2. The van der Waals surface area contributed by atoms with Gasteiger partial charge < -0.3 is 5.32 Å². The highest BCUT2D eigenvalue weighted by molar-refractivity contribution is 5.17. The Labute approximate surface area is 113 Å². The first-order valence-corrected chi connectivity index (χ1v) is 6.99. The Morgan fingerprint density at radius 3 is 2.53 bits per heavy atom. The molecule has 1 N–H and O–H groups in total. The van der Waals surface area contributed by atoms with E-state index in [9.17, 15) is 8.78 Å². The Balaban J connectivity index is 1.94. The molecular formula is C15H22F2N2. The van der Waals surface area contributed by atoms with E-state index < -0.39 is 11.6 Å². The summed E-state index contributed by atoms with van der Waals surface area (Å²) in [5.41, 5.74) is 0.714. The van der Waals surface area contributed by atoms with E-state index in [1.165, 1.54) is 12.1 Å². The molecule has 0 bridgehead atoms. The lowest BCUT2D eigenvalue weighted by Crippen LogP contribution is -2.47. The second kappa shape index (κ2) is 6.44. The van der Waals surface area contributed by atoms with Gasteiger partial charge in [0.1, 0.15) is 11.6 Å². The summed E-state index contributed by atoms with van der Waals surface area (Å²) < 4.78 is 26.3. The van der Waals surface area contributed by atoms with Crippen LogP contribution in [0.15, 0.2) is 18.2 Å². The van der Waals surface area contributed by atoms with Crippen molar-refractivity contribution in [2.45, 2.75) is 32.9 Å². The number of hydrogen-bond acceptors (Lipinski definition) is 2. The molecule has 2 unspecified atom stereocenters. The average molecular weight is 268 g/mol. The van der Waals surface area contributed by atoms with Crippen LogP contribution in [-0.2, 0) is 6.54 Å². The molecule has 1 aliphatic rings. The van der Waals surface area contributed by atoms with Gasteiger partial charge in [-0.15, -0.1) is 0 Å². The molecule has 1 heterocycles. The normalized spacial score (nSPS) is 24.6. The molecule has 1 saturated heterocycles. The zero-order chi connectivity index (χ0) is 13.8. The minimum Gasteiger partial charge on any atom is -0.314 e. The summed E-state index contributed by atoms with van der Waals surface area (Å²) in [4.78, 5) is 2.27. The first-order valence-electron chi connectivity index (χ1n) is 6.99. The maximum Gasteiger partial charge on any atom is 0.126 e. The fourth-order valence-electron chi connectivity index (χ4n) is 2.90. The van der Waals surface area contributed by atoms with Crippen LogP contribution in [0.2, 0.25) is 0 Å². The maximum absolute atomic E-state index is 13.2. The number of nitrogens with zero attached hydrogens (tertiary/aromatic N) is 1. The molecule has 1 aromatic carbocycles. The van der Waals surface area contributed by atoms with Crippen LogP contribution in [0.1, 0.15) is 25.8 Å². The molecule has 4 heteroatoms. The van der Waals surface area contributed by atoms with Crippen LogP contribution in [0.3, 0.4) is 0 Å². The number of piperidine rings is 1. The van der Waals surface area contributed by atoms with Crippen LogP contribution in [0.4, 0.5) is 8.78 Å². The van der Waals surface area contributed by atoms with Crippen LogP contribution >= 0.6 is 0 Å². The minimum absolute atomic E-state index is 0.495. The van der Waals surface area contributed by atoms with Gasteiger partial charge in [0.15, 0.2) is 0 Å². The fraction of sp³-hybridized carbons (Fsp3) is 0.600. The largest absolute Gasteiger partial charge is 0.314 e. The first-order chi connectivity index (χ1) is 9.08. The summed E-state index contributed by atoms with van der Waals surface area (Å²) in [7, 11) is 0. The summed E-state index contributed by atoms with van der Waals surface area (Å²) in [6, 6.07) is 4.32. The highest BCUT2D eigenvalue weighted by Crippen LogP contribution is 2.19. The van der Waals surface area contributed by atoms with Gasteiger partial charge in [-0.3, -0.25) is 4.90 Å². The van der Waals surface area contributed by atoms with Crippen LogP contribution in [-0.4, -0.2) is 30.6 Å². The highest BCUT2D eigenvalue weighted by Gasteiger charge is 2.25. The number of halogens is 2. The van der Waals surface area contributed by atoms with E-state index in [4.69, 9.17) is 0 Å². The van der Waals surface area contributed by atoms with Crippen molar-refractivity contribution >= 4 is 0 Å². The van der Waals surface area contributed by atoms with Crippen molar-refractivity contribution < 1.29 is 8.78 Å². The predicted molar refractivity (Wildman–Crippen MR) is 72.9 cm³/mol. The molecule has 0 amide bonds. The number of hydrogen-bond donors (Lipinski definition) is 1. The Hall–Kier alpha value is -1.00. The van der Waals surface area contributed by atoms with Gasteiger partial charge >= 0.3 is 0 Å². The second-order valence-electron chi connectivity index (χ2n) is 5.44. The van der Waals surface area contributed by atoms with Crippen molar-refractivity contribution in [1.82, 2.24) is 10.2 Å². The van der Waals surface area contributed by atoms with Crippen LogP contribution in [0.5, 0.6) is 0 Å².